The van der Waals surface area contributed by atoms with E-state index in [4.69, 9.17) is 4.74 Å². The molecule has 0 saturated heterocycles. The van der Waals surface area contributed by atoms with Crippen LogP contribution in [0.25, 0.3) is 0 Å². The van der Waals surface area contributed by atoms with Crippen molar-refractivity contribution in [2.24, 2.45) is 17.8 Å². The zero-order chi connectivity index (χ0) is 18.7. The highest BCUT2D eigenvalue weighted by Crippen LogP contribution is 2.64. The van der Waals surface area contributed by atoms with E-state index in [-0.39, 0.29) is 5.97 Å². The highest BCUT2D eigenvalue weighted by Gasteiger charge is 2.53. The minimum absolute atomic E-state index is 0.271. The van der Waals surface area contributed by atoms with Crippen molar-refractivity contribution in [2.45, 2.75) is 45.1 Å². The third kappa shape index (κ3) is 2.44. The molecule has 2 aliphatic carbocycles. The van der Waals surface area contributed by atoms with Crippen molar-refractivity contribution in [1.29, 1.82) is 0 Å². The molecular formula is C24H27NO2. The maximum atomic E-state index is 11.8. The Labute approximate surface area is 161 Å². The second kappa shape index (κ2) is 6.12. The first-order chi connectivity index (χ1) is 13.1. The second-order valence-corrected chi connectivity index (χ2v) is 8.64. The lowest BCUT2D eigenvalue weighted by Gasteiger charge is -2.44. The van der Waals surface area contributed by atoms with E-state index in [0.29, 0.717) is 23.4 Å². The Morgan fingerprint density at radius 2 is 1.78 bits per heavy atom. The Kier molecular flexibility index (Phi) is 3.82. The minimum atomic E-state index is -0.271. The number of fused-ring (bicyclic) bond motifs is 7. The van der Waals surface area contributed by atoms with E-state index in [9.17, 15) is 4.79 Å². The fourth-order valence-electron chi connectivity index (χ4n) is 6.08. The molecule has 140 valence electrons. The fourth-order valence-corrected chi connectivity index (χ4v) is 6.08. The Morgan fingerprint density at radius 3 is 2.52 bits per heavy atom. The Balaban J connectivity index is 1.58. The van der Waals surface area contributed by atoms with Gasteiger partial charge in [-0.05, 0) is 91.2 Å². The van der Waals surface area contributed by atoms with E-state index >= 15 is 0 Å². The van der Waals surface area contributed by atoms with E-state index in [2.05, 4.69) is 43.4 Å². The molecule has 2 fully saturated rings. The Morgan fingerprint density at radius 1 is 1.04 bits per heavy atom. The normalized spacial score (nSPS) is 30.4. The van der Waals surface area contributed by atoms with E-state index < -0.39 is 0 Å². The summed E-state index contributed by atoms with van der Waals surface area (Å²) in [6, 6.07) is 13.0. The molecular weight excluding hydrogens is 334 g/mol. The number of benzene rings is 2. The number of rotatable bonds is 2. The van der Waals surface area contributed by atoms with Crippen LogP contribution in [0.2, 0.25) is 0 Å². The number of esters is 1. The first-order valence-electron chi connectivity index (χ1n) is 10.1. The highest BCUT2D eigenvalue weighted by molar-refractivity contribution is 5.89. The van der Waals surface area contributed by atoms with Crippen LogP contribution in [0.3, 0.4) is 0 Å². The summed E-state index contributed by atoms with van der Waals surface area (Å²) in [5.41, 5.74) is 7.53. The summed E-state index contributed by atoms with van der Waals surface area (Å²) in [6.07, 6.45) is 4.12. The first-order valence-corrected chi connectivity index (χ1v) is 10.1. The third-order valence-electron chi connectivity index (χ3n) is 7.48. The number of hydrogen-bond donors (Lipinski definition) is 1. The van der Waals surface area contributed by atoms with Crippen molar-refractivity contribution in [3.05, 3.63) is 64.2 Å². The van der Waals surface area contributed by atoms with Crippen LogP contribution >= 0.6 is 0 Å². The number of nitrogens with one attached hydrogen (secondary N) is 1. The van der Waals surface area contributed by atoms with E-state index in [1.54, 1.807) is 0 Å². The maximum absolute atomic E-state index is 11.8. The molecule has 1 heterocycles. The van der Waals surface area contributed by atoms with Crippen LogP contribution in [0.1, 0.15) is 63.8 Å². The molecule has 0 radical (unpaired) electrons. The van der Waals surface area contributed by atoms with Gasteiger partial charge in [-0.3, -0.25) is 0 Å². The summed E-state index contributed by atoms with van der Waals surface area (Å²) < 4.78 is 4.85. The molecule has 0 aromatic heterocycles. The zero-order valence-electron chi connectivity index (χ0n) is 16.3. The summed E-state index contributed by atoms with van der Waals surface area (Å²) in [5, 5.41) is 3.93. The van der Waals surface area contributed by atoms with Gasteiger partial charge in [-0.25, -0.2) is 4.79 Å². The van der Waals surface area contributed by atoms with E-state index in [1.165, 1.54) is 54.3 Å². The van der Waals surface area contributed by atoms with Crippen molar-refractivity contribution in [2.75, 3.05) is 12.4 Å². The number of hydrogen-bond acceptors (Lipinski definition) is 3. The van der Waals surface area contributed by atoms with Gasteiger partial charge >= 0.3 is 5.97 Å². The number of anilines is 1. The van der Waals surface area contributed by atoms with Gasteiger partial charge in [-0.15, -0.1) is 0 Å². The molecule has 0 amide bonds. The largest absolute Gasteiger partial charge is 0.465 e. The van der Waals surface area contributed by atoms with Crippen molar-refractivity contribution in [1.82, 2.24) is 0 Å². The Hall–Kier alpha value is -2.29. The summed E-state index contributed by atoms with van der Waals surface area (Å²) in [7, 11) is 1.43. The molecule has 5 rings (SSSR count). The van der Waals surface area contributed by atoms with Crippen LogP contribution in [0.5, 0.6) is 0 Å². The average Bonchev–Trinajstić information content (AvgIpc) is 3.32. The SMILES string of the molecule is COC(=O)c1ccc([C@@H]2Nc3c(ccc(C)c3C)[C@@H]3[C@H]4CC[C@@H](C4)[C@H]32)cc1. The van der Waals surface area contributed by atoms with Crippen LogP contribution < -0.4 is 5.32 Å². The summed E-state index contributed by atoms with van der Waals surface area (Å²) in [5.74, 6) is 2.70. The number of carbonyl (C=O) groups excluding carboxylic acids is 1. The monoisotopic (exact) mass is 361 g/mol. The first kappa shape index (κ1) is 16.9. The summed E-state index contributed by atoms with van der Waals surface area (Å²) in [4.78, 5) is 11.8. The quantitative estimate of drug-likeness (QED) is 0.729. The molecule has 3 heteroatoms. The van der Waals surface area contributed by atoms with Crippen LogP contribution in [0.4, 0.5) is 5.69 Å². The van der Waals surface area contributed by atoms with Gasteiger partial charge in [-0.1, -0.05) is 24.3 Å². The lowest BCUT2D eigenvalue weighted by atomic mass is 9.67. The van der Waals surface area contributed by atoms with Crippen LogP contribution in [0, 0.1) is 31.6 Å². The average molecular weight is 361 g/mol. The molecule has 2 aromatic carbocycles. The van der Waals surface area contributed by atoms with Crippen molar-refractivity contribution in [3.8, 4) is 0 Å². The molecule has 0 spiro atoms. The van der Waals surface area contributed by atoms with E-state index in [1.807, 2.05) is 12.1 Å². The molecule has 3 nitrogen and oxygen atoms in total. The van der Waals surface area contributed by atoms with Crippen LogP contribution in [-0.4, -0.2) is 13.1 Å². The molecule has 1 aliphatic heterocycles. The van der Waals surface area contributed by atoms with Gasteiger partial charge in [0.05, 0.1) is 18.7 Å². The van der Waals surface area contributed by atoms with Gasteiger partial charge < -0.3 is 10.1 Å². The number of carbonyl (C=O) groups is 1. The third-order valence-corrected chi connectivity index (χ3v) is 7.48. The molecule has 0 unspecified atom stereocenters. The van der Waals surface area contributed by atoms with Gasteiger partial charge in [-0.2, -0.15) is 0 Å². The van der Waals surface area contributed by atoms with Crippen molar-refractivity contribution < 1.29 is 9.53 Å². The fraction of sp³-hybridized carbons (Fsp3) is 0.458. The van der Waals surface area contributed by atoms with Gasteiger partial charge in [0.2, 0.25) is 0 Å². The predicted molar refractivity (Wildman–Crippen MR) is 107 cm³/mol. The zero-order valence-corrected chi connectivity index (χ0v) is 16.3. The molecule has 3 aliphatic rings. The number of ether oxygens (including phenoxy) is 1. The minimum Gasteiger partial charge on any atom is -0.465 e. The molecule has 2 saturated carbocycles. The van der Waals surface area contributed by atoms with E-state index in [0.717, 1.165) is 11.8 Å². The number of aryl methyl sites for hydroxylation is 1. The molecule has 5 atom stereocenters. The van der Waals surface area contributed by atoms with Gasteiger partial charge in [0.1, 0.15) is 0 Å². The van der Waals surface area contributed by atoms with Crippen LogP contribution in [0.15, 0.2) is 36.4 Å². The number of methoxy groups -OCH3 is 1. The Bertz CT molecular complexity index is 901. The predicted octanol–water partition coefficient (Wildman–Crippen LogP) is 5.39. The van der Waals surface area contributed by atoms with Gasteiger partial charge in [0.25, 0.3) is 0 Å². The summed E-state index contributed by atoms with van der Waals surface area (Å²) >= 11 is 0. The van der Waals surface area contributed by atoms with Gasteiger partial charge in [0.15, 0.2) is 0 Å². The standard InChI is InChI=1S/C24H27NO2/c1-13-4-11-19-20-17-9-10-18(12-17)21(20)23(25-22(19)14(13)2)15-5-7-16(8-6-15)24(26)27-3/h4-8,11,17-18,20-21,23,25H,9-10,12H2,1-3H3/t17-,18-,20-,21+,23-/m0/s1. The van der Waals surface area contributed by atoms with Gasteiger partial charge in [0, 0.05) is 5.69 Å². The van der Waals surface area contributed by atoms with Crippen molar-refractivity contribution in [3.63, 3.8) is 0 Å². The lowest BCUT2D eigenvalue weighted by molar-refractivity contribution is 0.0600. The molecule has 1 N–H and O–H groups in total. The molecule has 2 bridgehead atoms. The lowest BCUT2D eigenvalue weighted by Crippen LogP contribution is -2.36. The van der Waals surface area contributed by atoms with Crippen LogP contribution in [-0.2, 0) is 4.74 Å². The molecule has 2 aromatic rings. The van der Waals surface area contributed by atoms with Crippen molar-refractivity contribution >= 4 is 11.7 Å². The highest BCUT2D eigenvalue weighted by atomic mass is 16.5. The molecule has 27 heavy (non-hydrogen) atoms. The maximum Gasteiger partial charge on any atom is 0.337 e. The smallest absolute Gasteiger partial charge is 0.337 e. The topological polar surface area (TPSA) is 38.3 Å². The second-order valence-electron chi connectivity index (χ2n) is 8.64. The summed E-state index contributed by atoms with van der Waals surface area (Å²) in [6.45, 7) is 4.44.